The molecule has 0 aromatic heterocycles. The highest BCUT2D eigenvalue weighted by Crippen LogP contribution is 2.52. The number of halogens is 2. The fourth-order valence-electron chi connectivity index (χ4n) is 1.23. The summed E-state index contributed by atoms with van der Waals surface area (Å²) < 4.78 is 48.5. The zero-order valence-corrected chi connectivity index (χ0v) is 10.8. The topological polar surface area (TPSA) is 76.0 Å². The van der Waals surface area contributed by atoms with Crippen LogP contribution in [0.3, 0.4) is 0 Å². The van der Waals surface area contributed by atoms with Crippen molar-refractivity contribution in [2.45, 2.75) is 19.8 Å². The molecule has 0 aromatic rings. The zero-order valence-electron chi connectivity index (χ0n) is 9.94. The largest absolute Gasteiger partial charge is 0.396 e. The van der Waals surface area contributed by atoms with E-state index in [2.05, 4.69) is 0 Å². The third-order valence-corrected chi connectivity index (χ3v) is 4.21. The predicted octanol–water partition coefficient (Wildman–Crippen LogP) is 1.49. The van der Waals surface area contributed by atoms with Crippen molar-refractivity contribution in [3.05, 3.63) is 0 Å². The van der Waals surface area contributed by atoms with Gasteiger partial charge < -0.3 is 19.3 Å². The molecule has 17 heavy (non-hydrogen) atoms. The molecule has 0 bridgehead atoms. The molecule has 0 heterocycles. The predicted molar refractivity (Wildman–Crippen MR) is 58.3 cm³/mol. The van der Waals surface area contributed by atoms with Crippen molar-refractivity contribution in [2.75, 3.05) is 32.6 Å². The Labute approximate surface area is 99.3 Å². The first-order valence-corrected chi connectivity index (χ1v) is 7.05. The molecule has 2 N–H and O–H groups in total. The quantitative estimate of drug-likeness (QED) is 0.624. The first-order chi connectivity index (χ1) is 7.85. The summed E-state index contributed by atoms with van der Waals surface area (Å²) in [5, 5.41) is 17.4. The second-order valence-electron chi connectivity index (χ2n) is 3.43. The number of hydrogen-bond acceptors (Lipinski definition) is 5. The molecule has 0 radical (unpaired) electrons. The van der Waals surface area contributed by atoms with Crippen LogP contribution in [0.4, 0.5) is 8.78 Å². The molecular weight excluding hydrogens is 257 g/mol. The summed E-state index contributed by atoms with van der Waals surface area (Å²) in [7, 11) is -3.89. The summed E-state index contributed by atoms with van der Waals surface area (Å²) >= 11 is 0. The summed E-state index contributed by atoms with van der Waals surface area (Å²) in [5.41, 5.74) is 0. The van der Waals surface area contributed by atoms with E-state index in [1.165, 1.54) is 13.8 Å². The minimum atomic E-state index is -3.89. The highest BCUT2D eigenvalue weighted by Gasteiger charge is 2.46. The van der Waals surface area contributed by atoms with Gasteiger partial charge in [-0.2, -0.15) is 0 Å². The lowest BCUT2D eigenvalue weighted by Crippen LogP contribution is -2.37. The summed E-state index contributed by atoms with van der Waals surface area (Å²) in [6.45, 7) is 1.19. The molecule has 0 aromatic carbocycles. The second kappa shape index (κ2) is 7.38. The van der Waals surface area contributed by atoms with E-state index < -0.39 is 38.8 Å². The number of alkyl halides is 2. The molecule has 0 amide bonds. The Morgan fingerprint density at radius 3 is 1.88 bits per heavy atom. The van der Waals surface area contributed by atoms with Gasteiger partial charge in [0.05, 0.1) is 32.3 Å². The molecule has 0 saturated carbocycles. The average molecular weight is 276 g/mol. The van der Waals surface area contributed by atoms with Crippen LogP contribution in [0.5, 0.6) is 0 Å². The Balaban J connectivity index is 4.78. The number of aliphatic hydroxyl groups excluding tert-OH is 2. The van der Waals surface area contributed by atoms with Gasteiger partial charge in [-0.25, -0.2) is 8.78 Å². The van der Waals surface area contributed by atoms with Gasteiger partial charge in [0.2, 0.25) is 0 Å². The van der Waals surface area contributed by atoms with Gasteiger partial charge in [0.25, 0.3) is 5.92 Å². The van der Waals surface area contributed by atoms with E-state index in [1.54, 1.807) is 0 Å². The standard InChI is InChI=1S/C9H19F2O5P/c1-3-15-17(14,16-4-2)7-9(10,11)8(5-12)6-13/h8,12-13H,3-7H2,1-2H3. The number of hydrogen-bond donors (Lipinski definition) is 2. The van der Waals surface area contributed by atoms with Crippen molar-refractivity contribution in [1.29, 1.82) is 0 Å². The minimum absolute atomic E-state index is 0.0176. The summed E-state index contributed by atoms with van der Waals surface area (Å²) in [6, 6.07) is 0. The summed E-state index contributed by atoms with van der Waals surface area (Å²) in [5.74, 6) is -5.18. The van der Waals surface area contributed by atoms with Gasteiger partial charge in [-0.15, -0.1) is 0 Å². The molecule has 0 atom stereocenters. The van der Waals surface area contributed by atoms with E-state index >= 15 is 0 Å². The van der Waals surface area contributed by atoms with Crippen molar-refractivity contribution in [3.63, 3.8) is 0 Å². The van der Waals surface area contributed by atoms with Gasteiger partial charge >= 0.3 is 7.60 Å². The highest BCUT2D eigenvalue weighted by atomic mass is 31.2. The van der Waals surface area contributed by atoms with Crippen molar-refractivity contribution in [1.82, 2.24) is 0 Å². The molecule has 8 heteroatoms. The fourth-order valence-corrected chi connectivity index (χ4v) is 3.05. The molecular formula is C9H19F2O5P. The zero-order chi connectivity index (χ0) is 13.5. The molecule has 0 spiro atoms. The van der Waals surface area contributed by atoms with Crippen LogP contribution >= 0.6 is 7.60 Å². The summed E-state index contributed by atoms with van der Waals surface area (Å²) in [6.07, 6.45) is -1.15. The van der Waals surface area contributed by atoms with Gasteiger partial charge in [0, 0.05) is 0 Å². The van der Waals surface area contributed by atoms with Crippen LogP contribution in [-0.4, -0.2) is 48.7 Å². The summed E-state index contributed by atoms with van der Waals surface area (Å²) in [4.78, 5) is 0. The highest BCUT2D eigenvalue weighted by molar-refractivity contribution is 7.53. The van der Waals surface area contributed by atoms with Gasteiger partial charge in [-0.3, -0.25) is 4.57 Å². The maximum Gasteiger partial charge on any atom is 0.336 e. The van der Waals surface area contributed by atoms with Crippen LogP contribution in [0.25, 0.3) is 0 Å². The normalized spacial score (nSPS) is 13.4. The Kier molecular flexibility index (Phi) is 7.35. The van der Waals surface area contributed by atoms with E-state index in [4.69, 9.17) is 19.3 Å². The third-order valence-electron chi connectivity index (χ3n) is 2.09. The van der Waals surface area contributed by atoms with Crippen LogP contribution in [-0.2, 0) is 13.6 Å². The monoisotopic (exact) mass is 276 g/mol. The number of aliphatic hydroxyl groups is 2. The molecule has 0 unspecified atom stereocenters. The SMILES string of the molecule is CCOP(=O)(CC(F)(F)C(CO)CO)OCC. The van der Waals surface area contributed by atoms with Crippen molar-refractivity contribution in [2.24, 2.45) is 5.92 Å². The van der Waals surface area contributed by atoms with Crippen molar-refractivity contribution < 1.29 is 32.6 Å². The Morgan fingerprint density at radius 1 is 1.18 bits per heavy atom. The lowest BCUT2D eigenvalue weighted by molar-refractivity contribution is -0.0781. The first-order valence-electron chi connectivity index (χ1n) is 5.32. The molecule has 5 nitrogen and oxygen atoms in total. The van der Waals surface area contributed by atoms with Crippen LogP contribution < -0.4 is 0 Å². The first kappa shape index (κ1) is 16.9. The van der Waals surface area contributed by atoms with Crippen LogP contribution in [0.15, 0.2) is 0 Å². The third kappa shape index (κ3) is 5.40. The maximum absolute atomic E-state index is 13.6. The van der Waals surface area contributed by atoms with Crippen LogP contribution in [0.1, 0.15) is 13.8 Å². The lowest BCUT2D eigenvalue weighted by Gasteiger charge is -2.27. The molecule has 0 saturated heterocycles. The average Bonchev–Trinajstić information content (AvgIpc) is 2.17. The van der Waals surface area contributed by atoms with E-state index in [1.807, 2.05) is 0 Å². The maximum atomic E-state index is 13.6. The van der Waals surface area contributed by atoms with Gasteiger partial charge in [-0.05, 0) is 13.8 Å². The Morgan fingerprint density at radius 2 is 1.59 bits per heavy atom. The van der Waals surface area contributed by atoms with Crippen molar-refractivity contribution >= 4 is 7.60 Å². The van der Waals surface area contributed by atoms with Crippen LogP contribution in [0, 0.1) is 5.92 Å². The van der Waals surface area contributed by atoms with E-state index in [0.717, 1.165) is 0 Å². The molecule has 104 valence electrons. The minimum Gasteiger partial charge on any atom is -0.396 e. The molecule has 0 aliphatic carbocycles. The van der Waals surface area contributed by atoms with Crippen molar-refractivity contribution in [3.8, 4) is 0 Å². The molecule has 0 aliphatic rings. The lowest BCUT2D eigenvalue weighted by atomic mass is 10.1. The smallest absolute Gasteiger partial charge is 0.336 e. The van der Waals surface area contributed by atoms with E-state index in [9.17, 15) is 13.3 Å². The van der Waals surface area contributed by atoms with Crippen LogP contribution in [0.2, 0.25) is 0 Å². The molecule has 0 fully saturated rings. The Bertz CT molecular complexity index is 248. The van der Waals surface area contributed by atoms with Gasteiger partial charge in [-0.1, -0.05) is 0 Å². The van der Waals surface area contributed by atoms with E-state index in [0.29, 0.717) is 0 Å². The second-order valence-corrected chi connectivity index (χ2v) is 5.48. The Hall–Kier alpha value is -0.0700. The van der Waals surface area contributed by atoms with E-state index in [-0.39, 0.29) is 13.2 Å². The molecule has 0 aliphatic heterocycles. The fraction of sp³-hybridized carbons (Fsp3) is 1.00. The number of rotatable bonds is 9. The molecule has 0 rings (SSSR count). The van der Waals surface area contributed by atoms with Gasteiger partial charge in [0.1, 0.15) is 6.16 Å². The van der Waals surface area contributed by atoms with Gasteiger partial charge in [0.15, 0.2) is 0 Å².